The molecule has 0 aliphatic carbocycles. The maximum atomic E-state index is 5.38. The van der Waals surface area contributed by atoms with Crippen LogP contribution in [-0.2, 0) is 0 Å². The van der Waals surface area contributed by atoms with Crippen LogP contribution in [0.2, 0.25) is 0 Å². The molecule has 0 amide bonds. The van der Waals surface area contributed by atoms with Gasteiger partial charge in [-0.3, -0.25) is 4.98 Å². The van der Waals surface area contributed by atoms with Crippen molar-refractivity contribution in [2.24, 2.45) is 5.73 Å². The zero-order valence-electron chi connectivity index (χ0n) is 8.22. The molecule has 0 atom stereocenters. The van der Waals surface area contributed by atoms with E-state index in [1.807, 2.05) is 43.4 Å². The van der Waals surface area contributed by atoms with Gasteiger partial charge in [-0.2, -0.15) is 0 Å². The molecule has 0 saturated heterocycles. The quantitative estimate of drug-likeness (QED) is 0.737. The van der Waals surface area contributed by atoms with Crippen molar-refractivity contribution >= 4 is 5.57 Å². The Morgan fingerprint density at radius 3 is 2.64 bits per heavy atom. The molecule has 2 heteroatoms. The molecular weight excluding hydrogens is 172 g/mol. The SMILES string of the molecule is C\C=C/C=C(\C=C/N)c1ccncc1. The van der Waals surface area contributed by atoms with Gasteiger partial charge < -0.3 is 5.73 Å². The lowest BCUT2D eigenvalue weighted by atomic mass is 10.1. The number of nitrogens with two attached hydrogens (primary N) is 1. The molecule has 2 N–H and O–H groups in total. The van der Waals surface area contributed by atoms with Crippen LogP contribution in [0.1, 0.15) is 12.5 Å². The molecular formula is C12H14N2. The summed E-state index contributed by atoms with van der Waals surface area (Å²) in [6.07, 6.45) is 12.9. The Morgan fingerprint density at radius 1 is 1.36 bits per heavy atom. The van der Waals surface area contributed by atoms with Gasteiger partial charge in [-0.1, -0.05) is 18.2 Å². The molecule has 0 saturated carbocycles. The van der Waals surface area contributed by atoms with Crippen molar-refractivity contribution in [1.29, 1.82) is 0 Å². The topological polar surface area (TPSA) is 38.9 Å². The highest BCUT2D eigenvalue weighted by Crippen LogP contribution is 2.14. The molecule has 14 heavy (non-hydrogen) atoms. The molecule has 0 aliphatic rings. The van der Waals surface area contributed by atoms with E-state index in [9.17, 15) is 0 Å². The monoisotopic (exact) mass is 186 g/mol. The molecule has 0 aromatic carbocycles. The number of hydrogen-bond acceptors (Lipinski definition) is 2. The number of hydrogen-bond donors (Lipinski definition) is 1. The zero-order valence-corrected chi connectivity index (χ0v) is 8.22. The van der Waals surface area contributed by atoms with Crippen molar-refractivity contribution in [2.75, 3.05) is 0 Å². The lowest BCUT2D eigenvalue weighted by Crippen LogP contribution is -1.83. The Morgan fingerprint density at radius 2 is 2.07 bits per heavy atom. The number of pyridine rings is 1. The molecule has 1 rings (SSSR count). The van der Waals surface area contributed by atoms with Gasteiger partial charge in [-0.15, -0.1) is 0 Å². The smallest absolute Gasteiger partial charge is 0.0273 e. The fourth-order valence-electron chi connectivity index (χ4n) is 1.10. The number of allylic oxidation sites excluding steroid dienone is 5. The van der Waals surface area contributed by atoms with E-state index in [-0.39, 0.29) is 0 Å². The van der Waals surface area contributed by atoms with Crippen molar-refractivity contribution in [1.82, 2.24) is 4.98 Å². The van der Waals surface area contributed by atoms with Gasteiger partial charge in [0.2, 0.25) is 0 Å². The van der Waals surface area contributed by atoms with E-state index in [1.165, 1.54) is 6.20 Å². The third-order valence-electron chi connectivity index (χ3n) is 1.76. The van der Waals surface area contributed by atoms with E-state index >= 15 is 0 Å². The first-order valence-corrected chi connectivity index (χ1v) is 4.50. The summed E-state index contributed by atoms with van der Waals surface area (Å²) in [4.78, 5) is 3.97. The second-order valence-corrected chi connectivity index (χ2v) is 2.74. The van der Waals surface area contributed by atoms with E-state index < -0.39 is 0 Å². The highest BCUT2D eigenvalue weighted by Gasteiger charge is 1.94. The molecule has 1 aromatic heterocycles. The van der Waals surface area contributed by atoms with Gasteiger partial charge >= 0.3 is 0 Å². The van der Waals surface area contributed by atoms with E-state index in [4.69, 9.17) is 5.73 Å². The van der Waals surface area contributed by atoms with Crippen LogP contribution in [-0.4, -0.2) is 4.98 Å². The lowest BCUT2D eigenvalue weighted by Gasteiger charge is -1.99. The minimum absolute atomic E-state index is 1.08. The Balaban J connectivity index is 3.00. The van der Waals surface area contributed by atoms with E-state index in [0.29, 0.717) is 0 Å². The van der Waals surface area contributed by atoms with Gasteiger partial charge in [-0.05, 0) is 42.5 Å². The molecule has 0 fully saturated rings. The third-order valence-corrected chi connectivity index (χ3v) is 1.76. The summed E-state index contributed by atoms with van der Waals surface area (Å²) in [5.41, 5.74) is 7.57. The lowest BCUT2D eigenvalue weighted by molar-refractivity contribution is 1.32. The van der Waals surface area contributed by atoms with Crippen LogP contribution >= 0.6 is 0 Å². The molecule has 1 aromatic rings. The van der Waals surface area contributed by atoms with Gasteiger partial charge in [0.1, 0.15) is 0 Å². The minimum Gasteiger partial charge on any atom is -0.405 e. The molecule has 0 aliphatic heterocycles. The Hall–Kier alpha value is -1.83. The maximum absolute atomic E-state index is 5.38. The van der Waals surface area contributed by atoms with Crippen molar-refractivity contribution in [2.45, 2.75) is 6.92 Å². The van der Waals surface area contributed by atoms with Gasteiger partial charge in [-0.25, -0.2) is 0 Å². The van der Waals surface area contributed by atoms with Gasteiger partial charge in [0.25, 0.3) is 0 Å². The second-order valence-electron chi connectivity index (χ2n) is 2.74. The summed E-state index contributed by atoms with van der Waals surface area (Å²) < 4.78 is 0. The predicted molar refractivity (Wildman–Crippen MR) is 60.4 cm³/mol. The first-order valence-electron chi connectivity index (χ1n) is 4.50. The minimum atomic E-state index is 1.08. The van der Waals surface area contributed by atoms with Crippen LogP contribution in [0.3, 0.4) is 0 Å². The largest absolute Gasteiger partial charge is 0.405 e. The van der Waals surface area contributed by atoms with Crippen LogP contribution in [0.4, 0.5) is 0 Å². The molecule has 0 spiro atoms. The molecule has 0 bridgehead atoms. The molecule has 0 unspecified atom stereocenters. The normalized spacial score (nSPS) is 12.8. The van der Waals surface area contributed by atoms with Crippen LogP contribution in [0.15, 0.2) is 55.0 Å². The Bertz CT molecular complexity index is 348. The predicted octanol–water partition coefficient (Wildman–Crippen LogP) is 2.51. The highest BCUT2D eigenvalue weighted by atomic mass is 14.6. The van der Waals surface area contributed by atoms with Crippen molar-refractivity contribution in [3.8, 4) is 0 Å². The highest BCUT2D eigenvalue weighted by molar-refractivity contribution is 5.74. The van der Waals surface area contributed by atoms with Crippen LogP contribution in [0.5, 0.6) is 0 Å². The first-order chi connectivity index (χ1) is 6.88. The van der Waals surface area contributed by atoms with Crippen LogP contribution in [0.25, 0.3) is 5.57 Å². The zero-order chi connectivity index (χ0) is 10.2. The average molecular weight is 186 g/mol. The van der Waals surface area contributed by atoms with Gasteiger partial charge in [0.05, 0.1) is 0 Å². The standard InChI is InChI=1S/C12H14N2/c1-2-3-4-11(5-8-13)12-6-9-14-10-7-12/h2-10H,13H2,1H3/b3-2-,8-5-,11-4+. The van der Waals surface area contributed by atoms with Crippen molar-refractivity contribution < 1.29 is 0 Å². The summed E-state index contributed by atoms with van der Waals surface area (Å²) in [5, 5.41) is 0. The number of rotatable bonds is 3. The molecule has 0 radical (unpaired) electrons. The van der Waals surface area contributed by atoms with E-state index in [2.05, 4.69) is 4.98 Å². The second kappa shape index (κ2) is 5.75. The first kappa shape index (κ1) is 10.3. The summed E-state index contributed by atoms with van der Waals surface area (Å²) in [7, 11) is 0. The molecule has 2 nitrogen and oxygen atoms in total. The summed E-state index contributed by atoms with van der Waals surface area (Å²) in [6, 6.07) is 3.91. The number of aromatic nitrogens is 1. The molecule has 1 heterocycles. The maximum Gasteiger partial charge on any atom is 0.0273 e. The van der Waals surface area contributed by atoms with Gasteiger partial charge in [0.15, 0.2) is 0 Å². The fraction of sp³-hybridized carbons (Fsp3) is 0.0833. The Labute approximate surface area is 84.5 Å². The van der Waals surface area contributed by atoms with Crippen LogP contribution in [0, 0.1) is 0 Å². The number of nitrogens with zero attached hydrogens (tertiary/aromatic N) is 1. The van der Waals surface area contributed by atoms with E-state index in [1.54, 1.807) is 12.4 Å². The molecule has 72 valence electrons. The fourth-order valence-corrected chi connectivity index (χ4v) is 1.10. The summed E-state index contributed by atoms with van der Waals surface area (Å²) in [5.74, 6) is 0. The summed E-state index contributed by atoms with van der Waals surface area (Å²) in [6.45, 7) is 1.98. The van der Waals surface area contributed by atoms with Gasteiger partial charge in [0, 0.05) is 12.4 Å². The Kier molecular flexibility index (Phi) is 4.21. The van der Waals surface area contributed by atoms with Crippen molar-refractivity contribution in [3.05, 3.63) is 60.6 Å². The summed E-state index contributed by atoms with van der Waals surface area (Å²) >= 11 is 0. The van der Waals surface area contributed by atoms with Crippen molar-refractivity contribution in [3.63, 3.8) is 0 Å². The van der Waals surface area contributed by atoms with Crippen LogP contribution < -0.4 is 5.73 Å². The van der Waals surface area contributed by atoms with E-state index in [0.717, 1.165) is 11.1 Å². The average Bonchev–Trinajstić information content (AvgIpc) is 2.25. The third kappa shape index (κ3) is 2.90.